The number of nitrogens with one attached hydrogen (secondary N) is 1. The lowest BCUT2D eigenvalue weighted by atomic mass is 10.1. The average molecular weight is 410 g/mol. The van der Waals surface area contributed by atoms with Gasteiger partial charge in [-0.1, -0.05) is 60.7 Å². The van der Waals surface area contributed by atoms with Gasteiger partial charge in [-0.05, 0) is 31.2 Å². The molecule has 0 unspecified atom stereocenters. The number of ketones is 1. The predicted molar refractivity (Wildman–Crippen MR) is 121 cm³/mol. The first-order chi connectivity index (χ1) is 15.1. The summed E-state index contributed by atoms with van der Waals surface area (Å²) in [5.74, 6) is 1.06. The summed E-state index contributed by atoms with van der Waals surface area (Å²) in [4.78, 5) is 28.4. The van der Waals surface area contributed by atoms with Crippen LogP contribution in [0.5, 0.6) is 0 Å². The Kier molecular flexibility index (Phi) is 6.03. The number of nitrogens with zero attached hydrogens (tertiary/aromatic N) is 1. The fraction of sp³-hybridized carbons (Fsp3) is 0.115. The highest BCUT2D eigenvalue weighted by Gasteiger charge is 2.17. The zero-order chi connectivity index (χ0) is 21.6. The summed E-state index contributed by atoms with van der Waals surface area (Å²) in [6, 6.07) is 26.5. The molecule has 0 aliphatic heterocycles. The maximum atomic E-state index is 12.4. The number of hydrogen-bond acceptors (Lipinski definition) is 4. The Morgan fingerprint density at radius 2 is 1.45 bits per heavy atom. The van der Waals surface area contributed by atoms with Crippen LogP contribution in [0, 0.1) is 0 Å². The SMILES string of the molecule is CC(=O)c1ccc(NC(=O)CCc2nc(-c3ccccc3)c(-c3ccccc3)o2)cc1. The lowest BCUT2D eigenvalue weighted by Gasteiger charge is -2.05. The number of amides is 1. The molecule has 0 spiro atoms. The molecule has 1 amide bonds. The third-order valence-corrected chi connectivity index (χ3v) is 4.90. The number of anilines is 1. The van der Waals surface area contributed by atoms with Crippen LogP contribution in [0.25, 0.3) is 22.6 Å². The van der Waals surface area contributed by atoms with Gasteiger partial charge in [-0.15, -0.1) is 0 Å². The highest BCUT2D eigenvalue weighted by molar-refractivity contribution is 5.95. The molecular weight excluding hydrogens is 388 g/mol. The molecule has 5 heteroatoms. The molecule has 154 valence electrons. The Hall–Kier alpha value is -3.99. The van der Waals surface area contributed by atoms with Gasteiger partial charge in [0.1, 0.15) is 5.69 Å². The maximum Gasteiger partial charge on any atom is 0.224 e. The summed E-state index contributed by atoms with van der Waals surface area (Å²) in [6.07, 6.45) is 0.613. The summed E-state index contributed by atoms with van der Waals surface area (Å²) in [5.41, 5.74) is 3.93. The van der Waals surface area contributed by atoms with E-state index in [0.717, 1.165) is 16.8 Å². The normalized spacial score (nSPS) is 10.6. The minimum atomic E-state index is -0.142. The van der Waals surface area contributed by atoms with Crippen molar-refractivity contribution in [2.45, 2.75) is 19.8 Å². The van der Waals surface area contributed by atoms with E-state index in [9.17, 15) is 9.59 Å². The number of aryl methyl sites for hydroxylation is 1. The molecule has 1 N–H and O–H groups in total. The van der Waals surface area contributed by atoms with Crippen LogP contribution in [0.1, 0.15) is 29.6 Å². The van der Waals surface area contributed by atoms with Gasteiger partial charge in [0.2, 0.25) is 5.91 Å². The molecule has 4 rings (SSSR count). The van der Waals surface area contributed by atoms with E-state index >= 15 is 0 Å². The summed E-state index contributed by atoms with van der Waals surface area (Å²) >= 11 is 0. The molecule has 0 fully saturated rings. The second kappa shape index (κ2) is 9.22. The first kappa shape index (κ1) is 20.3. The molecule has 0 saturated carbocycles. The zero-order valence-corrected chi connectivity index (χ0v) is 17.2. The van der Waals surface area contributed by atoms with Gasteiger partial charge in [0.25, 0.3) is 0 Å². The lowest BCUT2D eigenvalue weighted by molar-refractivity contribution is -0.116. The van der Waals surface area contributed by atoms with Crippen molar-refractivity contribution in [3.05, 3.63) is 96.4 Å². The van der Waals surface area contributed by atoms with Crippen molar-refractivity contribution < 1.29 is 14.0 Å². The van der Waals surface area contributed by atoms with Crippen LogP contribution in [0.4, 0.5) is 5.69 Å². The molecule has 0 aliphatic rings. The van der Waals surface area contributed by atoms with Crippen molar-refractivity contribution in [2.75, 3.05) is 5.32 Å². The van der Waals surface area contributed by atoms with E-state index in [-0.39, 0.29) is 18.1 Å². The molecule has 0 saturated heterocycles. The van der Waals surface area contributed by atoms with Gasteiger partial charge in [-0.3, -0.25) is 9.59 Å². The minimum absolute atomic E-state index is 0.00906. The van der Waals surface area contributed by atoms with E-state index in [2.05, 4.69) is 10.3 Å². The average Bonchev–Trinajstić information content (AvgIpc) is 3.24. The van der Waals surface area contributed by atoms with Crippen LogP contribution >= 0.6 is 0 Å². The molecule has 1 aromatic heterocycles. The van der Waals surface area contributed by atoms with E-state index in [1.54, 1.807) is 24.3 Å². The van der Waals surface area contributed by atoms with E-state index < -0.39 is 0 Å². The number of rotatable bonds is 7. The third kappa shape index (κ3) is 4.95. The molecule has 0 bridgehead atoms. The molecular formula is C26H22N2O3. The molecule has 3 aromatic carbocycles. The number of Topliss-reactive ketones (excluding diaryl/α,β-unsaturated/α-hetero) is 1. The Labute approximate surface area is 180 Å². The smallest absolute Gasteiger partial charge is 0.224 e. The second-order valence-corrected chi connectivity index (χ2v) is 7.20. The standard InChI is InChI=1S/C26H22N2O3/c1-18(29)19-12-14-22(15-13-19)27-23(30)16-17-24-28-25(20-8-4-2-5-9-20)26(31-24)21-10-6-3-7-11-21/h2-15H,16-17H2,1H3,(H,27,30). The lowest BCUT2D eigenvalue weighted by Crippen LogP contribution is -2.12. The monoisotopic (exact) mass is 410 g/mol. The van der Waals surface area contributed by atoms with Crippen LogP contribution in [0.15, 0.2) is 89.3 Å². The highest BCUT2D eigenvalue weighted by atomic mass is 16.4. The van der Waals surface area contributed by atoms with Crippen molar-refractivity contribution >= 4 is 17.4 Å². The summed E-state index contributed by atoms with van der Waals surface area (Å²) in [6.45, 7) is 1.51. The van der Waals surface area contributed by atoms with Crippen LogP contribution in [-0.2, 0) is 11.2 Å². The number of carbonyl (C=O) groups is 2. The van der Waals surface area contributed by atoms with Crippen molar-refractivity contribution in [3.63, 3.8) is 0 Å². The fourth-order valence-electron chi connectivity index (χ4n) is 3.28. The van der Waals surface area contributed by atoms with Gasteiger partial charge in [-0.2, -0.15) is 0 Å². The van der Waals surface area contributed by atoms with Gasteiger partial charge in [0.05, 0.1) is 0 Å². The number of oxazole rings is 1. The van der Waals surface area contributed by atoms with Crippen LogP contribution in [0.3, 0.4) is 0 Å². The molecule has 5 nitrogen and oxygen atoms in total. The third-order valence-electron chi connectivity index (χ3n) is 4.90. The van der Waals surface area contributed by atoms with E-state index in [0.29, 0.717) is 29.3 Å². The van der Waals surface area contributed by atoms with Gasteiger partial charge in [-0.25, -0.2) is 4.98 Å². The Bertz CT molecular complexity index is 1120. The predicted octanol–water partition coefficient (Wildman–Crippen LogP) is 5.78. The fourth-order valence-corrected chi connectivity index (χ4v) is 3.28. The van der Waals surface area contributed by atoms with Crippen molar-refractivity contribution in [3.8, 4) is 22.6 Å². The zero-order valence-electron chi connectivity index (χ0n) is 17.2. The number of carbonyl (C=O) groups excluding carboxylic acids is 2. The highest BCUT2D eigenvalue weighted by Crippen LogP contribution is 2.32. The first-order valence-corrected chi connectivity index (χ1v) is 10.1. The first-order valence-electron chi connectivity index (χ1n) is 10.1. The molecule has 0 aliphatic carbocycles. The largest absolute Gasteiger partial charge is 0.440 e. The Morgan fingerprint density at radius 3 is 2.06 bits per heavy atom. The van der Waals surface area contributed by atoms with Gasteiger partial charge >= 0.3 is 0 Å². The van der Waals surface area contributed by atoms with E-state index in [1.807, 2.05) is 60.7 Å². The Morgan fingerprint density at radius 1 is 0.839 bits per heavy atom. The second-order valence-electron chi connectivity index (χ2n) is 7.20. The number of hydrogen-bond donors (Lipinski definition) is 1. The van der Waals surface area contributed by atoms with Crippen LogP contribution < -0.4 is 5.32 Å². The molecule has 31 heavy (non-hydrogen) atoms. The van der Waals surface area contributed by atoms with E-state index in [4.69, 9.17) is 4.42 Å². The summed E-state index contributed by atoms with van der Waals surface area (Å²) in [5, 5.41) is 2.84. The molecule has 0 radical (unpaired) electrons. The van der Waals surface area contributed by atoms with Crippen molar-refractivity contribution in [1.29, 1.82) is 0 Å². The van der Waals surface area contributed by atoms with Crippen LogP contribution in [-0.4, -0.2) is 16.7 Å². The quantitative estimate of drug-likeness (QED) is 0.392. The van der Waals surface area contributed by atoms with E-state index in [1.165, 1.54) is 6.92 Å². The van der Waals surface area contributed by atoms with Crippen LogP contribution in [0.2, 0.25) is 0 Å². The van der Waals surface area contributed by atoms with Gasteiger partial charge in [0, 0.05) is 35.2 Å². The number of aromatic nitrogens is 1. The van der Waals surface area contributed by atoms with Crippen molar-refractivity contribution in [2.24, 2.45) is 0 Å². The summed E-state index contributed by atoms with van der Waals surface area (Å²) < 4.78 is 6.07. The Balaban J connectivity index is 1.49. The topological polar surface area (TPSA) is 72.2 Å². The maximum absolute atomic E-state index is 12.4. The van der Waals surface area contributed by atoms with Gasteiger partial charge in [0.15, 0.2) is 17.4 Å². The summed E-state index contributed by atoms with van der Waals surface area (Å²) in [7, 11) is 0. The minimum Gasteiger partial charge on any atom is -0.440 e. The van der Waals surface area contributed by atoms with Crippen molar-refractivity contribution in [1.82, 2.24) is 4.98 Å². The van der Waals surface area contributed by atoms with Gasteiger partial charge < -0.3 is 9.73 Å². The number of benzene rings is 3. The molecule has 4 aromatic rings. The molecule has 0 atom stereocenters. The molecule has 1 heterocycles.